The van der Waals surface area contributed by atoms with Gasteiger partial charge < -0.3 is 11.5 Å². The first kappa shape index (κ1) is 8.43. The number of nitrogen functional groups attached to an aromatic ring is 1. The highest BCUT2D eigenvalue weighted by Gasteiger charge is 2.12. The van der Waals surface area contributed by atoms with Gasteiger partial charge in [0.05, 0.1) is 5.52 Å². The summed E-state index contributed by atoms with van der Waals surface area (Å²) in [4.78, 5) is 19.0. The van der Waals surface area contributed by atoms with Crippen LogP contribution in [0.3, 0.4) is 0 Å². The lowest BCUT2D eigenvalue weighted by atomic mass is 10.1. The molecule has 0 aliphatic rings. The van der Waals surface area contributed by atoms with E-state index >= 15 is 0 Å². The molecule has 2 aromatic rings. The smallest absolute Gasteiger partial charge is 0.254 e. The van der Waals surface area contributed by atoms with Crippen molar-refractivity contribution in [3.63, 3.8) is 0 Å². The van der Waals surface area contributed by atoms with Crippen molar-refractivity contribution in [1.29, 1.82) is 0 Å². The van der Waals surface area contributed by atoms with Crippen LogP contribution in [0.15, 0.2) is 24.5 Å². The lowest BCUT2D eigenvalue weighted by Gasteiger charge is -2.03. The Hall–Kier alpha value is -2.17. The van der Waals surface area contributed by atoms with Gasteiger partial charge in [0, 0.05) is 17.8 Å². The molecule has 4 N–H and O–H groups in total. The maximum atomic E-state index is 11.1. The summed E-state index contributed by atoms with van der Waals surface area (Å²) in [5.41, 5.74) is 11.4. The molecule has 0 spiro atoms. The van der Waals surface area contributed by atoms with Gasteiger partial charge in [-0.25, -0.2) is 4.98 Å². The van der Waals surface area contributed by atoms with Gasteiger partial charge in [-0.3, -0.25) is 9.78 Å². The largest absolute Gasteiger partial charge is 0.383 e. The van der Waals surface area contributed by atoms with E-state index in [-0.39, 0.29) is 11.4 Å². The number of pyridine rings is 2. The lowest BCUT2D eigenvalue weighted by molar-refractivity contribution is 0.100. The Balaban J connectivity index is 2.90. The summed E-state index contributed by atoms with van der Waals surface area (Å²) in [7, 11) is 0. The van der Waals surface area contributed by atoms with E-state index in [1.165, 1.54) is 0 Å². The van der Waals surface area contributed by atoms with Crippen LogP contribution >= 0.6 is 0 Å². The number of primary amides is 1. The summed E-state index contributed by atoms with van der Waals surface area (Å²) < 4.78 is 0. The first-order valence-electron chi connectivity index (χ1n) is 3.99. The quantitative estimate of drug-likeness (QED) is 0.673. The number of carbonyl (C=O) groups excluding carboxylic acids is 1. The molecule has 0 aromatic carbocycles. The molecule has 0 saturated carbocycles. The second-order valence-electron chi connectivity index (χ2n) is 2.82. The molecule has 1 amide bonds. The Bertz CT molecular complexity index is 509. The molecule has 2 aromatic heterocycles. The number of aromatic nitrogens is 2. The Morgan fingerprint density at radius 2 is 2.14 bits per heavy atom. The van der Waals surface area contributed by atoms with Gasteiger partial charge in [-0.2, -0.15) is 0 Å². The third-order valence-corrected chi connectivity index (χ3v) is 1.92. The topological polar surface area (TPSA) is 94.9 Å². The second kappa shape index (κ2) is 2.95. The van der Waals surface area contributed by atoms with E-state index in [2.05, 4.69) is 9.97 Å². The van der Waals surface area contributed by atoms with Gasteiger partial charge >= 0.3 is 0 Å². The first-order chi connectivity index (χ1) is 6.70. The number of hydrogen-bond acceptors (Lipinski definition) is 4. The average Bonchev–Trinajstić information content (AvgIpc) is 2.17. The van der Waals surface area contributed by atoms with Crippen LogP contribution in [-0.4, -0.2) is 15.9 Å². The van der Waals surface area contributed by atoms with Crippen molar-refractivity contribution in [2.75, 3.05) is 5.73 Å². The Kier molecular flexibility index (Phi) is 1.78. The van der Waals surface area contributed by atoms with E-state index in [1.54, 1.807) is 24.5 Å². The third kappa shape index (κ3) is 1.15. The molecule has 2 heterocycles. The lowest BCUT2D eigenvalue weighted by Crippen LogP contribution is -2.15. The van der Waals surface area contributed by atoms with Crippen molar-refractivity contribution in [2.24, 2.45) is 5.73 Å². The van der Waals surface area contributed by atoms with Crippen LogP contribution in [0.1, 0.15) is 10.4 Å². The van der Waals surface area contributed by atoms with Crippen LogP contribution in [0, 0.1) is 0 Å². The van der Waals surface area contributed by atoms with Crippen molar-refractivity contribution in [2.45, 2.75) is 0 Å². The predicted molar refractivity (Wildman–Crippen MR) is 52.5 cm³/mol. The summed E-state index contributed by atoms with van der Waals surface area (Å²) in [6, 6.07) is 3.55. The normalized spacial score (nSPS) is 10.3. The van der Waals surface area contributed by atoms with Gasteiger partial charge in [0.25, 0.3) is 5.91 Å². The van der Waals surface area contributed by atoms with Crippen molar-refractivity contribution < 1.29 is 4.79 Å². The first-order valence-corrected chi connectivity index (χ1v) is 3.99. The number of nitrogens with zero attached hydrogens (tertiary/aromatic N) is 2. The number of amides is 1. The third-order valence-electron chi connectivity index (χ3n) is 1.92. The van der Waals surface area contributed by atoms with Crippen LogP contribution in [0.4, 0.5) is 5.82 Å². The van der Waals surface area contributed by atoms with E-state index < -0.39 is 5.91 Å². The molecule has 0 aliphatic carbocycles. The highest BCUT2D eigenvalue weighted by molar-refractivity contribution is 6.08. The highest BCUT2D eigenvalue weighted by atomic mass is 16.1. The van der Waals surface area contributed by atoms with Gasteiger partial charge in [-0.1, -0.05) is 0 Å². The zero-order valence-electron chi connectivity index (χ0n) is 7.27. The summed E-state index contributed by atoms with van der Waals surface area (Å²) in [6.07, 6.45) is 3.14. The standard InChI is InChI=1S/C9H8N4O/c10-8-6(9(11)14)7-5(4-13-8)2-1-3-12-7/h1-4H,(H2,10,13)(H2,11,14). The molecule has 5 heteroatoms. The predicted octanol–water partition coefficient (Wildman–Crippen LogP) is 0.311. The number of fused-ring (bicyclic) bond motifs is 1. The van der Waals surface area contributed by atoms with Crippen molar-refractivity contribution in [3.05, 3.63) is 30.1 Å². The number of carbonyl (C=O) groups is 1. The molecule has 0 saturated heterocycles. The van der Waals surface area contributed by atoms with Crippen molar-refractivity contribution in [3.8, 4) is 0 Å². The minimum absolute atomic E-state index is 0.115. The molecule has 0 radical (unpaired) electrons. The molecule has 5 nitrogen and oxygen atoms in total. The van der Waals surface area contributed by atoms with Crippen molar-refractivity contribution in [1.82, 2.24) is 9.97 Å². The molecular weight excluding hydrogens is 180 g/mol. The number of anilines is 1. The van der Waals surface area contributed by atoms with Crippen molar-refractivity contribution >= 4 is 22.6 Å². The van der Waals surface area contributed by atoms with E-state index in [0.29, 0.717) is 5.52 Å². The molecule has 14 heavy (non-hydrogen) atoms. The zero-order chi connectivity index (χ0) is 10.1. The molecule has 0 bridgehead atoms. The maximum absolute atomic E-state index is 11.1. The summed E-state index contributed by atoms with van der Waals surface area (Å²) >= 11 is 0. The summed E-state index contributed by atoms with van der Waals surface area (Å²) in [5.74, 6) is -0.497. The van der Waals surface area contributed by atoms with Gasteiger partial charge in [0.1, 0.15) is 11.4 Å². The molecular formula is C9H8N4O. The molecule has 0 fully saturated rings. The maximum Gasteiger partial charge on any atom is 0.254 e. The van der Waals surface area contributed by atoms with E-state index in [1.807, 2.05) is 0 Å². The second-order valence-corrected chi connectivity index (χ2v) is 2.82. The van der Waals surface area contributed by atoms with Crippen LogP contribution in [-0.2, 0) is 0 Å². The highest BCUT2D eigenvalue weighted by Crippen LogP contribution is 2.18. The van der Waals surface area contributed by atoms with Crippen LogP contribution in [0.5, 0.6) is 0 Å². The molecule has 0 aliphatic heterocycles. The van der Waals surface area contributed by atoms with E-state index in [4.69, 9.17) is 11.5 Å². The summed E-state index contributed by atoms with van der Waals surface area (Å²) in [6.45, 7) is 0. The fraction of sp³-hybridized carbons (Fsp3) is 0. The SMILES string of the molecule is NC(=O)c1c(N)ncc2cccnc12. The van der Waals surface area contributed by atoms with Gasteiger partial charge in [-0.15, -0.1) is 0 Å². The average molecular weight is 188 g/mol. The van der Waals surface area contributed by atoms with Crippen LogP contribution in [0.25, 0.3) is 10.9 Å². The molecule has 0 atom stereocenters. The van der Waals surface area contributed by atoms with E-state index in [0.717, 1.165) is 5.39 Å². The van der Waals surface area contributed by atoms with Gasteiger partial charge in [0.2, 0.25) is 0 Å². The Morgan fingerprint density at radius 3 is 2.86 bits per heavy atom. The summed E-state index contributed by atoms with van der Waals surface area (Å²) in [5, 5.41) is 0.746. The molecule has 70 valence electrons. The fourth-order valence-electron chi connectivity index (χ4n) is 1.30. The van der Waals surface area contributed by atoms with Crippen LogP contribution in [0.2, 0.25) is 0 Å². The number of rotatable bonds is 1. The fourth-order valence-corrected chi connectivity index (χ4v) is 1.30. The minimum atomic E-state index is -0.612. The van der Waals surface area contributed by atoms with Gasteiger partial charge in [-0.05, 0) is 12.1 Å². The zero-order valence-corrected chi connectivity index (χ0v) is 7.27. The van der Waals surface area contributed by atoms with E-state index in [9.17, 15) is 4.79 Å². The number of hydrogen-bond donors (Lipinski definition) is 2. The molecule has 0 unspecified atom stereocenters. The van der Waals surface area contributed by atoms with Crippen LogP contribution < -0.4 is 11.5 Å². The Labute approximate surface area is 79.8 Å². The monoisotopic (exact) mass is 188 g/mol. The number of nitrogens with two attached hydrogens (primary N) is 2. The Morgan fingerprint density at radius 1 is 1.36 bits per heavy atom. The minimum Gasteiger partial charge on any atom is -0.383 e. The van der Waals surface area contributed by atoms with Gasteiger partial charge in [0.15, 0.2) is 0 Å². The molecule has 2 rings (SSSR count).